The second-order valence-corrected chi connectivity index (χ2v) is 5.58. The first kappa shape index (κ1) is 17.4. The Morgan fingerprint density at radius 3 is 2.42 bits per heavy atom. The number of benzene rings is 2. The van der Waals surface area contributed by atoms with Crippen molar-refractivity contribution in [3.63, 3.8) is 0 Å². The van der Waals surface area contributed by atoms with Crippen LogP contribution in [-0.4, -0.2) is 21.9 Å². The van der Waals surface area contributed by atoms with Crippen LogP contribution in [0.25, 0.3) is 6.08 Å². The zero-order valence-electron chi connectivity index (χ0n) is 12.1. The maximum atomic E-state index is 11.9. The van der Waals surface area contributed by atoms with E-state index in [0.29, 0.717) is 10.0 Å². The largest absolute Gasteiger partial charge is 0.478 e. The Hall–Kier alpha value is -3.00. The van der Waals surface area contributed by atoms with Crippen LogP contribution in [0.5, 0.6) is 0 Å². The Morgan fingerprint density at radius 2 is 1.83 bits per heavy atom. The molecule has 0 saturated heterocycles. The zero-order chi connectivity index (χ0) is 17.7. The highest BCUT2D eigenvalue weighted by Gasteiger charge is 2.12. The molecule has 0 fully saturated rings. The molecule has 0 unspecified atom stereocenters. The van der Waals surface area contributed by atoms with Crippen LogP contribution in [0.2, 0.25) is 0 Å². The minimum Gasteiger partial charge on any atom is -0.478 e. The van der Waals surface area contributed by atoms with Gasteiger partial charge in [0.05, 0.1) is 16.2 Å². The number of hydrogen-bond acceptors (Lipinski definition) is 4. The molecule has 2 N–H and O–H groups in total. The van der Waals surface area contributed by atoms with Crippen molar-refractivity contribution >= 4 is 45.3 Å². The first-order valence-corrected chi connectivity index (χ1v) is 7.42. The summed E-state index contributed by atoms with van der Waals surface area (Å²) in [6, 6.07) is 10.1. The number of nitro benzene ring substituents is 1. The molecule has 2 rings (SSSR count). The lowest BCUT2D eigenvalue weighted by molar-refractivity contribution is -0.384. The van der Waals surface area contributed by atoms with E-state index < -0.39 is 16.8 Å². The molecule has 24 heavy (non-hydrogen) atoms. The van der Waals surface area contributed by atoms with E-state index in [1.165, 1.54) is 48.6 Å². The van der Waals surface area contributed by atoms with Gasteiger partial charge in [-0.25, -0.2) is 4.79 Å². The fraction of sp³-hybridized carbons (Fsp3) is 0. The third kappa shape index (κ3) is 4.50. The van der Waals surface area contributed by atoms with Crippen molar-refractivity contribution in [3.8, 4) is 0 Å². The number of carbonyl (C=O) groups is 2. The number of hydrogen-bond donors (Lipinski definition) is 2. The van der Waals surface area contributed by atoms with Crippen molar-refractivity contribution in [1.82, 2.24) is 0 Å². The predicted octanol–water partition coefficient (Wildman–Crippen LogP) is 3.71. The monoisotopic (exact) mass is 390 g/mol. The van der Waals surface area contributed by atoms with Crippen LogP contribution in [0, 0.1) is 10.1 Å². The van der Waals surface area contributed by atoms with Gasteiger partial charge in [-0.3, -0.25) is 14.9 Å². The molecule has 0 aromatic heterocycles. The molecule has 122 valence electrons. The number of nitrogens with one attached hydrogen (secondary N) is 1. The van der Waals surface area contributed by atoms with Crippen LogP contribution in [-0.2, 0) is 4.79 Å². The topological polar surface area (TPSA) is 110 Å². The molecule has 0 radical (unpaired) electrons. The highest BCUT2D eigenvalue weighted by molar-refractivity contribution is 9.10. The molecule has 8 heteroatoms. The molecule has 0 aliphatic rings. The lowest BCUT2D eigenvalue weighted by atomic mass is 10.1. The van der Waals surface area contributed by atoms with E-state index in [1.54, 1.807) is 6.07 Å². The minimum atomic E-state index is -1.16. The average Bonchev–Trinajstić information content (AvgIpc) is 2.54. The number of amides is 1. The molecule has 0 heterocycles. The minimum absolute atomic E-state index is 0.0403. The lowest BCUT2D eigenvalue weighted by Gasteiger charge is -2.07. The number of carboxylic acid groups (broad SMARTS) is 1. The van der Waals surface area contributed by atoms with Gasteiger partial charge in [0.1, 0.15) is 0 Å². The molecule has 0 spiro atoms. The molecule has 0 atom stereocenters. The van der Waals surface area contributed by atoms with Gasteiger partial charge in [0.25, 0.3) is 5.69 Å². The zero-order valence-corrected chi connectivity index (χ0v) is 13.7. The maximum absolute atomic E-state index is 11.9. The van der Waals surface area contributed by atoms with E-state index in [1.807, 2.05) is 0 Å². The molecule has 0 aliphatic heterocycles. The number of anilines is 1. The van der Waals surface area contributed by atoms with Gasteiger partial charge in [-0.1, -0.05) is 15.9 Å². The van der Waals surface area contributed by atoms with Crippen molar-refractivity contribution < 1.29 is 19.6 Å². The number of nitrogens with zero attached hydrogens (tertiary/aromatic N) is 1. The highest BCUT2D eigenvalue weighted by Crippen LogP contribution is 2.21. The van der Waals surface area contributed by atoms with Crippen molar-refractivity contribution in [1.29, 1.82) is 0 Å². The van der Waals surface area contributed by atoms with E-state index in [-0.39, 0.29) is 16.9 Å². The Morgan fingerprint density at radius 1 is 1.17 bits per heavy atom. The molecular weight excluding hydrogens is 380 g/mol. The standard InChI is InChI=1S/C16H11BrN2O5/c17-11-4-7-14(13(9-11)16(21)22)18-15(20)8-3-10-1-5-12(6-2-10)19(23)24/h1-9H,(H,18,20)(H,21,22)/b8-3+. The number of halogens is 1. The number of nitro groups is 1. The molecule has 0 bridgehead atoms. The van der Waals surface area contributed by atoms with Crippen LogP contribution in [0.4, 0.5) is 11.4 Å². The third-order valence-electron chi connectivity index (χ3n) is 3.00. The second kappa shape index (κ2) is 7.51. The summed E-state index contributed by atoms with van der Waals surface area (Å²) >= 11 is 3.17. The first-order chi connectivity index (χ1) is 11.4. The number of non-ortho nitro benzene ring substituents is 1. The van der Waals surface area contributed by atoms with Gasteiger partial charge in [-0.15, -0.1) is 0 Å². The predicted molar refractivity (Wildman–Crippen MR) is 91.9 cm³/mol. The smallest absolute Gasteiger partial charge is 0.337 e. The Bertz CT molecular complexity index is 831. The van der Waals surface area contributed by atoms with Gasteiger partial charge < -0.3 is 10.4 Å². The SMILES string of the molecule is O=C(/C=C/c1ccc([N+](=O)[O-])cc1)Nc1ccc(Br)cc1C(=O)O. The van der Waals surface area contributed by atoms with Crippen molar-refractivity contribution in [2.45, 2.75) is 0 Å². The van der Waals surface area contributed by atoms with Crippen LogP contribution in [0.15, 0.2) is 53.0 Å². The summed E-state index contributed by atoms with van der Waals surface area (Å²) in [7, 11) is 0. The van der Waals surface area contributed by atoms with Crippen molar-refractivity contribution in [3.05, 3.63) is 74.3 Å². The third-order valence-corrected chi connectivity index (χ3v) is 3.49. The van der Waals surface area contributed by atoms with Gasteiger partial charge in [0.15, 0.2) is 0 Å². The summed E-state index contributed by atoms with van der Waals surface area (Å²) in [6.07, 6.45) is 2.69. The van der Waals surface area contributed by atoms with Crippen molar-refractivity contribution in [2.75, 3.05) is 5.32 Å². The fourth-order valence-electron chi connectivity index (χ4n) is 1.86. The summed E-state index contributed by atoms with van der Waals surface area (Å²) in [5.74, 6) is -1.68. The van der Waals surface area contributed by atoms with Gasteiger partial charge in [0.2, 0.25) is 5.91 Å². The summed E-state index contributed by atoms with van der Waals surface area (Å²) in [5, 5.41) is 22.2. The second-order valence-electron chi connectivity index (χ2n) is 4.67. The van der Waals surface area contributed by atoms with E-state index in [9.17, 15) is 19.7 Å². The Labute approximate surface area is 144 Å². The number of aromatic carboxylic acids is 1. The summed E-state index contributed by atoms with van der Waals surface area (Å²) in [4.78, 5) is 33.1. The molecule has 0 saturated carbocycles. The molecule has 2 aromatic carbocycles. The molecule has 1 amide bonds. The van der Waals surface area contributed by atoms with Crippen molar-refractivity contribution in [2.24, 2.45) is 0 Å². The van der Waals surface area contributed by atoms with Crippen LogP contribution >= 0.6 is 15.9 Å². The normalized spacial score (nSPS) is 10.5. The average molecular weight is 391 g/mol. The Balaban J connectivity index is 2.10. The molecular formula is C16H11BrN2O5. The van der Waals surface area contributed by atoms with Crippen LogP contribution in [0.3, 0.4) is 0 Å². The molecule has 0 aliphatic carbocycles. The lowest BCUT2D eigenvalue weighted by Crippen LogP contribution is -2.12. The molecule has 2 aromatic rings. The van der Waals surface area contributed by atoms with Gasteiger partial charge in [-0.05, 0) is 42.0 Å². The summed E-state index contributed by atoms with van der Waals surface area (Å²) in [6.45, 7) is 0. The maximum Gasteiger partial charge on any atom is 0.337 e. The van der Waals surface area contributed by atoms with E-state index in [0.717, 1.165) is 0 Å². The van der Waals surface area contributed by atoms with E-state index in [2.05, 4.69) is 21.2 Å². The quantitative estimate of drug-likeness (QED) is 0.459. The number of rotatable bonds is 5. The highest BCUT2D eigenvalue weighted by atomic mass is 79.9. The van der Waals surface area contributed by atoms with Crippen LogP contribution < -0.4 is 5.32 Å². The first-order valence-electron chi connectivity index (χ1n) is 6.63. The number of carbonyl (C=O) groups excluding carboxylic acids is 1. The van der Waals surface area contributed by atoms with Crippen LogP contribution in [0.1, 0.15) is 15.9 Å². The Kier molecular flexibility index (Phi) is 5.43. The summed E-state index contributed by atoms with van der Waals surface area (Å²) < 4.78 is 0.583. The van der Waals surface area contributed by atoms with E-state index >= 15 is 0 Å². The van der Waals surface area contributed by atoms with Gasteiger partial charge in [-0.2, -0.15) is 0 Å². The van der Waals surface area contributed by atoms with E-state index in [4.69, 9.17) is 5.11 Å². The number of carboxylic acids is 1. The fourth-order valence-corrected chi connectivity index (χ4v) is 2.22. The molecule has 7 nitrogen and oxygen atoms in total. The van der Waals surface area contributed by atoms with Gasteiger partial charge >= 0.3 is 5.97 Å². The van der Waals surface area contributed by atoms with Gasteiger partial charge in [0, 0.05) is 22.7 Å². The summed E-state index contributed by atoms with van der Waals surface area (Å²) in [5.41, 5.74) is 0.688.